The van der Waals surface area contributed by atoms with Crippen molar-refractivity contribution in [1.82, 2.24) is 0 Å². The summed E-state index contributed by atoms with van der Waals surface area (Å²) in [6, 6.07) is 10.2. The topological polar surface area (TPSA) is 66.8 Å². The molecule has 2 N–H and O–H groups in total. The van der Waals surface area contributed by atoms with Crippen LogP contribution in [0, 0.1) is 11.8 Å². The van der Waals surface area contributed by atoms with Gasteiger partial charge in [-0.2, -0.15) is 0 Å². The molecule has 152 valence electrons. The molecule has 0 saturated carbocycles. The first-order chi connectivity index (χ1) is 13.6. The lowest BCUT2D eigenvalue weighted by Gasteiger charge is -2.29. The standard InChI is InChI=1S/C24H32O4/c1-17(18-9-5-4-6-10-18)21(25)14-13-20-19(22-15-16-23(20)28-22)11-7-2-3-8-12-24(26)27/h2-10,17,19-23,25H,11-16H2,1H3,(H,26,27)/b7-2-,8-3?/t17?,19-,20+,21?,22-,23+/m0/s1. The zero-order valence-corrected chi connectivity index (χ0v) is 16.6. The van der Waals surface area contributed by atoms with Crippen LogP contribution in [0.4, 0.5) is 0 Å². The molecule has 6 atom stereocenters. The third-order valence-electron chi connectivity index (χ3n) is 6.37. The van der Waals surface area contributed by atoms with Gasteiger partial charge in [0.1, 0.15) is 0 Å². The summed E-state index contributed by atoms with van der Waals surface area (Å²) in [5.74, 6) is 0.332. The summed E-state index contributed by atoms with van der Waals surface area (Å²) < 4.78 is 6.17. The predicted molar refractivity (Wildman–Crippen MR) is 110 cm³/mol. The van der Waals surface area contributed by atoms with Crippen LogP contribution in [0.5, 0.6) is 0 Å². The van der Waals surface area contributed by atoms with Crippen LogP contribution in [0.3, 0.4) is 0 Å². The van der Waals surface area contributed by atoms with Crippen molar-refractivity contribution in [3.05, 3.63) is 60.2 Å². The molecular formula is C24H32O4. The quantitative estimate of drug-likeness (QED) is 0.574. The molecule has 3 rings (SSSR count). The van der Waals surface area contributed by atoms with Crippen LogP contribution in [-0.4, -0.2) is 34.5 Å². The van der Waals surface area contributed by atoms with E-state index in [9.17, 15) is 9.90 Å². The Labute approximate surface area is 167 Å². The van der Waals surface area contributed by atoms with Crippen molar-refractivity contribution in [3.63, 3.8) is 0 Å². The number of hydrogen-bond donors (Lipinski definition) is 2. The molecule has 0 amide bonds. The van der Waals surface area contributed by atoms with E-state index < -0.39 is 5.97 Å². The summed E-state index contributed by atoms with van der Waals surface area (Å²) in [5.41, 5.74) is 1.19. The van der Waals surface area contributed by atoms with Crippen LogP contribution in [0.15, 0.2) is 54.6 Å². The van der Waals surface area contributed by atoms with Gasteiger partial charge in [-0.1, -0.05) is 61.6 Å². The minimum Gasteiger partial charge on any atom is -0.481 e. The van der Waals surface area contributed by atoms with E-state index in [4.69, 9.17) is 9.84 Å². The van der Waals surface area contributed by atoms with Crippen molar-refractivity contribution in [2.45, 2.75) is 69.7 Å². The molecule has 1 aromatic rings. The van der Waals surface area contributed by atoms with E-state index in [-0.39, 0.29) is 18.4 Å². The third kappa shape index (κ3) is 5.33. The summed E-state index contributed by atoms with van der Waals surface area (Å²) in [6.07, 6.45) is 13.0. The maximum absolute atomic E-state index is 10.7. The lowest BCUT2D eigenvalue weighted by molar-refractivity contribution is -0.136. The van der Waals surface area contributed by atoms with Gasteiger partial charge in [-0.3, -0.25) is 4.79 Å². The van der Waals surface area contributed by atoms with Crippen LogP contribution >= 0.6 is 0 Å². The number of benzene rings is 1. The maximum Gasteiger partial charge on any atom is 0.307 e. The summed E-state index contributed by atoms with van der Waals surface area (Å²) in [6.45, 7) is 2.10. The SMILES string of the molecule is CC(c1ccccc1)C(O)CC[C@@H]1[C@H](C/C=C\C=CCC(=O)O)[C@@H]2CC[C@H]1O2. The molecule has 2 saturated heterocycles. The second kappa shape index (κ2) is 10.0. The predicted octanol–water partition coefficient (Wildman–Crippen LogP) is 4.70. The van der Waals surface area contributed by atoms with Gasteiger partial charge in [0, 0.05) is 5.92 Å². The smallest absolute Gasteiger partial charge is 0.307 e. The molecule has 2 bridgehead atoms. The number of aliphatic hydroxyl groups excluding tert-OH is 1. The highest BCUT2D eigenvalue weighted by Crippen LogP contribution is 2.47. The van der Waals surface area contributed by atoms with Gasteiger partial charge in [0.15, 0.2) is 0 Å². The lowest BCUT2D eigenvalue weighted by Crippen LogP contribution is -2.28. The Balaban J connectivity index is 1.51. The van der Waals surface area contributed by atoms with Crippen molar-refractivity contribution < 1.29 is 19.7 Å². The van der Waals surface area contributed by atoms with Crippen LogP contribution < -0.4 is 0 Å². The number of allylic oxidation sites excluding steroid dienone is 3. The van der Waals surface area contributed by atoms with Gasteiger partial charge >= 0.3 is 5.97 Å². The van der Waals surface area contributed by atoms with Crippen molar-refractivity contribution >= 4 is 5.97 Å². The molecule has 28 heavy (non-hydrogen) atoms. The molecule has 2 unspecified atom stereocenters. The number of carboxylic acids is 1. The first-order valence-electron chi connectivity index (χ1n) is 10.5. The fourth-order valence-electron chi connectivity index (χ4n) is 4.75. The number of carbonyl (C=O) groups is 1. The molecular weight excluding hydrogens is 352 g/mol. The van der Waals surface area contributed by atoms with Crippen molar-refractivity contribution in [2.24, 2.45) is 11.8 Å². The van der Waals surface area contributed by atoms with Gasteiger partial charge in [0.25, 0.3) is 0 Å². The Hall–Kier alpha value is -1.91. The van der Waals surface area contributed by atoms with Crippen molar-refractivity contribution in [3.8, 4) is 0 Å². The molecule has 2 fully saturated rings. The van der Waals surface area contributed by atoms with Crippen molar-refractivity contribution in [1.29, 1.82) is 0 Å². The van der Waals surface area contributed by atoms with Gasteiger partial charge in [0.05, 0.1) is 24.7 Å². The second-order valence-electron chi connectivity index (χ2n) is 8.15. The van der Waals surface area contributed by atoms with Crippen LogP contribution in [0.2, 0.25) is 0 Å². The molecule has 0 aliphatic carbocycles. The first kappa shape index (κ1) is 20.8. The molecule has 4 nitrogen and oxygen atoms in total. The average molecular weight is 385 g/mol. The number of aliphatic hydroxyl groups is 1. The zero-order valence-electron chi connectivity index (χ0n) is 16.6. The Morgan fingerprint density at radius 3 is 2.54 bits per heavy atom. The molecule has 0 radical (unpaired) electrons. The summed E-state index contributed by atoms with van der Waals surface area (Å²) >= 11 is 0. The van der Waals surface area contributed by atoms with Crippen LogP contribution in [-0.2, 0) is 9.53 Å². The lowest BCUT2D eigenvalue weighted by atomic mass is 9.74. The van der Waals surface area contributed by atoms with E-state index in [1.165, 1.54) is 5.56 Å². The van der Waals surface area contributed by atoms with Gasteiger partial charge in [-0.15, -0.1) is 0 Å². The van der Waals surface area contributed by atoms with Crippen LogP contribution in [0.25, 0.3) is 0 Å². The van der Waals surface area contributed by atoms with Crippen molar-refractivity contribution in [2.75, 3.05) is 0 Å². The van der Waals surface area contributed by atoms with E-state index >= 15 is 0 Å². The van der Waals surface area contributed by atoms with Gasteiger partial charge in [-0.05, 0) is 49.5 Å². The fraction of sp³-hybridized carbons (Fsp3) is 0.542. The summed E-state index contributed by atoms with van der Waals surface area (Å²) in [4.78, 5) is 10.5. The van der Waals surface area contributed by atoms with E-state index in [1.54, 1.807) is 6.08 Å². The highest BCUT2D eigenvalue weighted by molar-refractivity contribution is 5.68. The van der Waals surface area contributed by atoms with Gasteiger partial charge in [0.2, 0.25) is 0 Å². The molecule has 1 aromatic carbocycles. The van der Waals surface area contributed by atoms with E-state index in [0.29, 0.717) is 24.0 Å². The maximum atomic E-state index is 10.7. The Morgan fingerprint density at radius 1 is 1.14 bits per heavy atom. The summed E-state index contributed by atoms with van der Waals surface area (Å²) in [7, 11) is 0. The van der Waals surface area contributed by atoms with Gasteiger partial charge < -0.3 is 14.9 Å². The minimum absolute atomic E-state index is 0.0572. The number of hydrogen-bond acceptors (Lipinski definition) is 3. The number of carboxylic acid groups (broad SMARTS) is 1. The van der Waals surface area contributed by atoms with Crippen LogP contribution in [0.1, 0.15) is 56.9 Å². The third-order valence-corrected chi connectivity index (χ3v) is 6.37. The highest BCUT2D eigenvalue weighted by Gasteiger charge is 2.47. The normalized spacial score (nSPS) is 28.9. The number of fused-ring (bicyclic) bond motifs is 2. The number of aliphatic carboxylic acids is 1. The molecule has 0 aromatic heterocycles. The fourth-order valence-corrected chi connectivity index (χ4v) is 4.75. The zero-order chi connectivity index (χ0) is 19.9. The summed E-state index contributed by atoms with van der Waals surface area (Å²) in [5, 5.41) is 19.3. The highest BCUT2D eigenvalue weighted by atomic mass is 16.5. The molecule has 2 aliphatic rings. The van der Waals surface area contributed by atoms with E-state index in [2.05, 4.69) is 25.1 Å². The molecule has 0 spiro atoms. The Morgan fingerprint density at radius 2 is 1.82 bits per heavy atom. The van der Waals surface area contributed by atoms with Gasteiger partial charge in [-0.25, -0.2) is 0 Å². The number of ether oxygens (including phenoxy) is 1. The second-order valence-corrected chi connectivity index (χ2v) is 8.15. The average Bonchev–Trinajstić information content (AvgIpc) is 3.30. The molecule has 2 heterocycles. The monoisotopic (exact) mass is 384 g/mol. The molecule has 2 aliphatic heterocycles. The first-order valence-corrected chi connectivity index (χ1v) is 10.5. The van der Waals surface area contributed by atoms with E-state index in [1.807, 2.05) is 30.4 Å². The minimum atomic E-state index is -0.811. The molecule has 4 heteroatoms. The Kier molecular flexibility index (Phi) is 7.46. The Bertz CT molecular complexity index is 681. The van der Waals surface area contributed by atoms with E-state index in [0.717, 1.165) is 32.1 Å². The number of rotatable bonds is 10. The largest absolute Gasteiger partial charge is 0.481 e.